The fourth-order valence-corrected chi connectivity index (χ4v) is 2.23. The van der Waals surface area contributed by atoms with Crippen LogP contribution in [0.15, 0.2) is 5.10 Å². The van der Waals surface area contributed by atoms with E-state index in [1.807, 2.05) is 0 Å². The van der Waals surface area contributed by atoms with Gasteiger partial charge in [-0.05, 0) is 0 Å². The number of nitrogens with zero attached hydrogens (tertiary/aromatic N) is 2. The lowest BCUT2D eigenvalue weighted by molar-refractivity contribution is -0.151. The van der Waals surface area contributed by atoms with E-state index in [2.05, 4.69) is 10.4 Å². The van der Waals surface area contributed by atoms with Crippen LogP contribution in [0.2, 0.25) is 0 Å². The lowest BCUT2D eigenvalue weighted by atomic mass is 9.89. The van der Waals surface area contributed by atoms with Gasteiger partial charge in [-0.2, -0.15) is 5.10 Å². The average Bonchev–Trinajstić information content (AvgIpc) is 2.42. The second-order valence-corrected chi connectivity index (χ2v) is 4.92. The van der Waals surface area contributed by atoms with Gasteiger partial charge in [-0.15, -0.1) is 0 Å². The molecule has 0 aromatic rings. The summed E-state index contributed by atoms with van der Waals surface area (Å²) in [5.41, 5.74) is -1.13. The van der Waals surface area contributed by atoms with Crippen molar-refractivity contribution in [3.63, 3.8) is 0 Å². The van der Waals surface area contributed by atoms with E-state index < -0.39 is 17.4 Å². The highest BCUT2D eigenvalue weighted by atomic mass is 16.5. The summed E-state index contributed by atoms with van der Waals surface area (Å²) in [6.07, 6.45) is 0.861. The fourth-order valence-electron chi connectivity index (χ4n) is 2.23. The quantitative estimate of drug-likeness (QED) is 0.715. The van der Waals surface area contributed by atoms with Gasteiger partial charge in [0.2, 0.25) is 5.91 Å². The molecule has 0 bridgehead atoms. The molecule has 0 radical (unpaired) electrons. The summed E-state index contributed by atoms with van der Waals surface area (Å²) in [6, 6.07) is 0. The van der Waals surface area contributed by atoms with Gasteiger partial charge >= 0.3 is 5.97 Å². The van der Waals surface area contributed by atoms with E-state index in [9.17, 15) is 19.5 Å². The van der Waals surface area contributed by atoms with Gasteiger partial charge < -0.3 is 15.2 Å². The fraction of sp³-hybridized carbons (Fsp3) is 0.667. The zero-order valence-electron chi connectivity index (χ0n) is 11.2. The first-order valence-corrected chi connectivity index (χ1v) is 6.42. The van der Waals surface area contributed by atoms with Crippen molar-refractivity contribution in [2.24, 2.45) is 5.10 Å². The first-order chi connectivity index (χ1) is 9.44. The Bertz CT molecular complexity index is 468. The molecule has 8 heteroatoms. The van der Waals surface area contributed by atoms with Crippen LogP contribution in [0.1, 0.15) is 25.7 Å². The lowest BCUT2D eigenvalue weighted by Crippen LogP contribution is -2.59. The Morgan fingerprint density at radius 3 is 2.55 bits per heavy atom. The molecule has 2 rings (SSSR count). The third-order valence-electron chi connectivity index (χ3n) is 3.58. The molecule has 1 saturated heterocycles. The molecule has 0 spiro atoms. The first-order valence-electron chi connectivity index (χ1n) is 6.42. The predicted octanol–water partition coefficient (Wildman–Crippen LogP) is -0.655. The summed E-state index contributed by atoms with van der Waals surface area (Å²) in [7, 11) is 1.47. The zero-order chi connectivity index (χ0) is 14.8. The molecule has 20 heavy (non-hydrogen) atoms. The van der Waals surface area contributed by atoms with Crippen LogP contribution in [-0.4, -0.2) is 59.4 Å². The number of carboxylic acid groups (broad SMARTS) is 1. The minimum absolute atomic E-state index is 0.166. The number of hydrogen-bond acceptors (Lipinski definition) is 5. The van der Waals surface area contributed by atoms with Crippen LogP contribution in [0.4, 0.5) is 0 Å². The number of hydrazone groups is 1. The molecule has 2 aliphatic heterocycles. The number of carbonyl (C=O) groups excluding carboxylic acids is 2. The molecule has 8 nitrogen and oxygen atoms in total. The van der Waals surface area contributed by atoms with E-state index in [0.717, 1.165) is 5.01 Å². The maximum atomic E-state index is 12.1. The minimum atomic E-state index is -1.31. The van der Waals surface area contributed by atoms with Crippen molar-refractivity contribution in [1.29, 1.82) is 0 Å². The zero-order valence-corrected chi connectivity index (χ0v) is 11.2. The number of carboxylic acids is 1. The lowest BCUT2D eigenvalue weighted by Gasteiger charge is -2.34. The van der Waals surface area contributed by atoms with Crippen LogP contribution in [-0.2, 0) is 19.1 Å². The van der Waals surface area contributed by atoms with Crippen molar-refractivity contribution < 1.29 is 24.2 Å². The predicted molar refractivity (Wildman–Crippen MR) is 68.0 cm³/mol. The molecule has 0 saturated carbocycles. The minimum Gasteiger partial charge on any atom is -0.480 e. The van der Waals surface area contributed by atoms with Crippen molar-refractivity contribution in [3.8, 4) is 0 Å². The van der Waals surface area contributed by atoms with Gasteiger partial charge in [0.25, 0.3) is 5.91 Å². The summed E-state index contributed by atoms with van der Waals surface area (Å²) in [6.45, 7) is 0.578. The Morgan fingerprint density at radius 1 is 1.35 bits per heavy atom. The summed E-state index contributed by atoms with van der Waals surface area (Å²) >= 11 is 0. The highest BCUT2D eigenvalue weighted by molar-refractivity contribution is 6.40. The molecule has 0 aromatic heterocycles. The van der Waals surface area contributed by atoms with Crippen LogP contribution in [0.3, 0.4) is 0 Å². The van der Waals surface area contributed by atoms with Gasteiger partial charge in [0.05, 0.1) is 0 Å². The monoisotopic (exact) mass is 283 g/mol. The third-order valence-corrected chi connectivity index (χ3v) is 3.58. The summed E-state index contributed by atoms with van der Waals surface area (Å²) in [4.78, 5) is 34.9. The summed E-state index contributed by atoms with van der Waals surface area (Å²) < 4.78 is 5.14. The summed E-state index contributed by atoms with van der Waals surface area (Å²) in [5, 5.41) is 16.9. The van der Waals surface area contributed by atoms with Crippen LogP contribution in [0.25, 0.3) is 0 Å². The average molecular weight is 283 g/mol. The van der Waals surface area contributed by atoms with Crippen LogP contribution >= 0.6 is 0 Å². The standard InChI is InChI=1S/C12H17N3O5/c1-15-9(16)3-2-8(14-15)10(17)13-12(11(18)19)4-6-20-7-5-12/h2-7H2,1H3,(H,13,17)(H,18,19). The van der Waals surface area contributed by atoms with E-state index in [1.165, 1.54) is 7.05 Å². The van der Waals surface area contributed by atoms with Gasteiger partial charge in [-0.1, -0.05) is 0 Å². The van der Waals surface area contributed by atoms with Gasteiger partial charge in [-0.3, -0.25) is 9.59 Å². The van der Waals surface area contributed by atoms with Crippen molar-refractivity contribution in [2.45, 2.75) is 31.2 Å². The van der Waals surface area contributed by atoms with Crippen molar-refractivity contribution in [1.82, 2.24) is 10.3 Å². The number of rotatable bonds is 3. The highest BCUT2D eigenvalue weighted by Crippen LogP contribution is 2.21. The van der Waals surface area contributed by atoms with Gasteiger partial charge in [0.15, 0.2) is 0 Å². The maximum absolute atomic E-state index is 12.1. The molecule has 1 fully saturated rings. The number of hydrogen-bond donors (Lipinski definition) is 2. The Kier molecular flexibility index (Phi) is 4.03. The second kappa shape index (κ2) is 5.58. The van der Waals surface area contributed by atoms with Gasteiger partial charge in [-0.25, -0.2) is 9.80 Å². The molecular weight excluding hydrogens is 266 g/mol. The van der Waals surface area contributed by atoms with Crippen LogP contribution in [0.5, 0.6) is 0 Å². The van der Waals surface area contributed by atoms with E-state index in [0.29, 0.717) is 0 Å². The molecule has 2 amide bonds. The molecule has 0 atom stereocenters. The van der Waals surface area contributed by atoms with E-state index in [4.69, 9.17) is 4.74 Å². The largest absolute Gasteiger partial charge is 0.480 e. The molecule has 0 aromatic carbocycles. The van der Waals surface area contributed by atoms with Crippen molar-refractivity contribution >= 4 is 23.5 Å². The Hall–Kier alpha value is -1.96. The molecule has 2 heterocycles. The number of nitrogens with one attached hydrogen (secondary N) is 1. The molecule has 2 N–H and O–H groups in total. The van der Waals surface area contributed by atoms with Gasteiger partial charge in [0, 0.05) is 45.9 Å². The number of carbonyl (C=O) groups is 3. The normalized spacial score (nSPS) is 22.1. The van der Waals surface area contributed by atoms with E-state index >= 15 is 0 Å². The van der Waals surface area contributed by atoms with Crippen molar-refractivity contribution in [2.75, 3.05) is 20.3 Å². The van der Waals surface area contributed by atoms with Crippen LogP contribution < -0.4 is 5.32 Å². The molecule has 2 aliphatic rings. The van der Waals surface area contributed by atoms with E-state index in [1.54, 1.807) is 0 Å². The number of amides is 2. The molecule has 0 aliphatic carbocycles. The van der Waals surface area contributed by atoms with Gasteiger partial charge in [0.1, 0.15) is 11.3 Å². The Morgan fingerprint density at radius 2 is 2.00 bits per heavy atom. The number of ether oxygens (including phenoxy) is 1. The highest BCUT2D eigenvalue weighted by Gasteiger charge is 2.42. The molecule has 0 unspecified atom stereocenters. The van der Waals surface area contributed by atoms with Crippen LogP contribution in [0, 0.1) is 0 Å². The topological polar surface area (TPSA) is 108 Å². The molecular formula is C12H17N3O5. The molecule has 110 valence electrons. The number of aliphatic carboxylic acids is 1. The third kappa shape index (κ3) is 2.79. The first kappa shape index (κ1) is 14.4. The van der Waals surface area contributed by atoms with E-state index in [-0.39, 0.29) is 50.5 Å². The smallest absolute Gasteiger partial charge is 0.329 e. The summed E-state index contributed by atoms with van der Waals surface area (Å²) in [5.74, 6) is -1.77. The van der Waals surface area contributed by atoms with Crippen molar-refractivity contribution in [3.05, 3.63) is 0 Å². The Labute approximate surface area is 115 Å². The maximum Gasteiger partial charge on any atom is 0.329 e. The Balaban J connectivity index is 2.11. The second-order valence-electron chi connectivity index (χ2n) is 4.92. The SMILES string of the molecule is CN1N=C(C(=O)NC2(C(=O)O)CCOCC2)CCC1=O.